The fourth-order valence-corrected chi connectivity index (χ4v) is 0.772. The number of carbonyl (C=O) groups excluding carboxylic acids is 1. The standard InChI is InChI=1S/C8H10Cl3NO/c1-5(2)3-6(12)4-7(13)8(9,10)11/h3-4H,12H2,1-2H3/b6-4-. The number of allylic oxidation sites excluding steroid dienone is 3. The first-order valence-electron chi connectivity index (χ1n) is 3.46. The second-order valence-corrected chi connectivity index (χ2v) is 5.01. The van der Waals surface area contributed by atoms with Crippen molar-refractivity contribution in [2.24, 2.45) is 5.73 Å². The van der Waals surface area contributed by atoms with E-state index < -0.39 is 9.58 Å². The highest BCUT2D eigenvalue weighted by atomic mass is 35.6. The monoisotopic (exact) mass is 241 g/mol. The van der Waals surface area contributed by atoms with Crippen molar-refractivity contribution >= 4 is 40.6 Å². The normalized spacial score (nSPS) is 12.5. The van der Waals surface area contributed by atoms with Gasteiger partial charge in [0.15, 0.2) is 0 Å². The molecule has 13 heavy (non-hydrogen) atoms. The van der Waals surface area contributed by atoms with Crippen LogP contribution < -0.4 is 5.73 Å². The van der Waals surface area contributed by atoms with Crippen LogP contribution >= 0.6 is 34.8 Å². The van der Waals surface area contributed by atoms with Crippen LogP contribution in [-0.4, -0.2) is 9.58 Å². The molecule has 0 atom stereocenters. The van der Waals surface area contributed by atoms with Crippen molar-refractivity contribution < 1.29 is 4.79 Å². The maximum atomic E-state index is 11.1. The Morgan fingerprint density at radius 2 is 1.69 bits per heavy atom. The highest BCUT2D eigenvalue weighted by Gasteiger charge is 2.28. The summed E-state index contributed by atoms with van der Waals surface area (Å²) in [6.07, 6.45) is 2.72. The maximum Gasteiger partial charge on any atom is 0.252 e. The first kappa shape index (κ1) is 12.8. The van der Waals surface area contributed by atoms with E-state index in [4.69, 9.17) is 40.5 Å². The molecular weight excluding hydrogens is 232 g/mol. The van der Waals surface area contributed by atoms with Crippen LogP contribution in [0.3, 0.4) is 0 Å². The molecule has 0 saturated carbocycles. The van der Waals surface area contributed by atoms with E-state index in [0.29, 0.717) is 0 Å². The van der Waals surface area contributed by atoms with Gasteiger partial charge in [0.05, 0.1) is 0 Å². The van der Waals surface area contributed by atoms with E-state index in [-0.39, 0.29) is 5.70 Å². The summed E-state index contributed by atoms with van der Waals surface area (Å²) in [7, 11) is 0. The molecule has 0 unspecified atom stereocenters. The van der Waals surface area contributed by atoms with Crippen LogP contribution in [0.2, 0.25) is 0 Å². The third-order valence-electron chi connectivity index (χ3n) is 1.03. The Labute approximate surface area is 92.3 Å². The van der Waals surface area contributed by atoms with Crippen molar-refractivity contribution in [2.45, 2.75) is 17.6 Å². The first-order chi connectivity index (χ1) is 5.73. The highest BCUT2D eigenvalue weighted by molar-refractivity contribution is 6.77. The molecule has 0 aliphatic rings. The Kier molecular flexibility index (Phi) is 4.82. The zero-order valence-electron chi connectivity index (χ0n) is 7.27. The Balaban J connectivity index is 4.60. The molecule has 5 heteroatoms. The number of nitrogens with two attached hydrogens (primary N) is 1. The van der Waals surface area contributed by atoms with Gasteiger partial charge in [-0.25, -0.2) is 0 Å². The molecule has 0 heterocycles. The predicted molar refractivity (Wildman–Crippen MR) is 57.0 cm³/mol. The van der Waals surface area contributed by atoms with E-state index in [1.165, 1.54) is 0 Å². The van der Waals surface area contributed by atoms with Gasteiger partial charge in [-0.1, -0.05) is 40.4 Å². The molecule has 0 fully saturated rings. The summed E-state index contributed by atoms with van der Waals surface area (Å²) in [5.41, 5.74) is 6.70. The maximum absolute atomic E-state index is 11.1. The van der Waals surface area contributed by atoms with Crippen LogP contribution in [0.5, 0.6) is 0 Å². The molecular formula is C8H10Cl3NO. The van der Waals surface area contributed by atoms with Gasteiger partial charge in [0.25, 0.3) is 3.79 Å². The summed E-state index contributed by atoms with van der Waals surface area (Å²) >= 11 is 16.0. The van der Waals surface area contributed by atoms with Crippen LogP contribution in [0.4, 0.5) is 0 Å². The lowest BCUT2D eigenvalue weighted by Gasteiger charge is -2.05. The molecule has 0 aliphatic heterocycles. The van der Waals surface area contributed by atoms with E-state index in [1.807, 2.05) is 13.8 Å². The quantitative estimate of drug-likeness (QED) is 0.460. The second kappa shape index (κ2) is 4.89. The van der Waals surface area contributed by atoms with E-state index in [1.54, 1.807) is 6.08 Å². The second-order valence-electron chi connectivity index (χ2n) is 2.73. The smallest absolute Gasteiger partial charge is 0.252 e. The molecule has 0 rings (SSSR count). The Morgan fingerprint density at radius 3 is 2.00 bits per heavy atom. The van der Waals surface area contributed by atoms with Crippen LogP contribution in [0.15, 0.2) is 23.4 Å². The van der Waals surface area contributed by atoms with Crippen molar-refractivity contribution in [2.75, 3.05) is 0 Å². The van der Waals surface area contributed by atoms with Gasteiger partial charge in [-0.3, -0.25) is 4.79 Å². The van der Waals surface area contributed by atoms with Gasteiger partial charge < -0.3 is 5.73 Å². The zero-order valence-corrected chi connectivity index (χ0v) is 9.54. The van der Waals surface area contributed by atoms with Crippen LogP contribution in [-0.2, 0) is 4.79 Å². The minimum atomic E-state index is -1.93. The zero-order chi connectivity index (χ0) is 10.6. The number of carbonyl (C=O) groups is 1. The number of halogens is 3. The molecule has 2 N–H and O–H groups in total. The average Bonchev–Trinajstić information content (AvgIpc) is 1.82. The van der Waals surface area contributed by atoms with Crippen molar-refractivity contribution in [3.63, 3.8) is 0 Å². The van der Waals surface area contributed by atoms with Gasteiger partial charge in [0, 0.05) is 11.8 Å². The van der Waals surface area contributed by atoms with Gasteiger partial charge in [0.2, 0.25) is 5.78 Å². The van der Waals surface area contributed by atoms with E-state index >= 15 is 0 Å². The summed E-state index contributed by atoms with van der Waals surface area (Å²) in [5, 5.41) is 0. The van der Waals surface area contributed by atoms with Gasteiger partial charge >= 0.3 is 0 Å². The van der Waals surface area contributed by atoms with Crippen molar-refractivity contribution in [3.05, 3.63) is 23.4 Å². The van der Waals surface area contributed by atoms with E-state index in [2.05, 4.69) is 0 Å². The van der Waals surface area contributed by atoms with E-state index in [0.717, 1.165) is 11.6 Å². The average molecular weight is 243 g/mol. The summed E-state index contributed by atoms with van der Waals surface area (Å²) in [4.78, 5) is 11.1. The predicted octanol–water partition coefficient (Wildman–Crippen LogP) is 2.73. The van der Waals surface area contributed by atoms with Gasteiger partial charge in [-0.05, 0) is 19.9 Å². The summed E-state index contributed by atoms with van der Waals surface area (Å²) < 4.78 is -1.93. The van der Waals surface area contributed by atoms with E-state index in [9.17, 15) is 4.79 Å². The Morgan fingerprint density at radius 1 is 1.23 bits per heavy atom. The molecule has 0 amide bonds. The Bertz CT molecular complexity index is 259. The van der Waals surface area contributed by atoms with Gasteiger partial charge in [-0.15, -0.1) is 0 Å². The topological polar surface area (TPSA) is 43.1 Å². The number of ketones is 1. The highest BCUT2D eigenvalue weighted by Crippen LogP contribution is 2.27. The van der Waals surface area contributed by atoms with Gasteiger partial charge in [0.1, 0.15) is 0 Å². The molecule has 2 nitrogen and oxygen atoms in total. The lowest BCUT2D eigenvalue weighted by Crippen LogP contribution is -2.17. The molecule has 0 aromatic rings. The lowest BCUT2D eigenvalue weighted by atomic mass is 10.2. The largest absolute Gasteiger partial charge is 0.399 e. The molecule has 0 bridgehead atoms. The number of hydrogen-bond donors (Lipinski definition) is 1. The van der Waals surface area contributed by atoms with Crippen molar-refractivity contribution in [3.8, 4) is 0 Å². The third kappa shape index (κ3) is 5.97. The summed E-state index contributed by atoms with van der Waals surface area (Å²) in [5.74, 6) is -0.646. The number of hydrogen-bond acceptors (Lipinski definition) is 2. The first-order valence-corrected chi connectivity index (χ1v) is 4.60. The Hall–Kier alpha value is -0.180. The molecule has 74 valence electrons. The minimum Gasteiger partial charge on any atom is -0.399 e. The van der Waals surface area contributed by atoms with Crippen LogP contribution in [0, 0.1) is 0 Å². The summed E-state index contributed by atoms with van der Waals surface area (Å²) in [6.45, 7) is 3.70. The van der Waals surface area contributed by atoms with Gasteiger partial charge in [-0.2, -0.15) is 0 Å². The van der Waals surface area contributed by atoms with Crippen molar-refractivity contribution in [1.82, 2.24) is 0 Å². The number of alkyl halides is 3. The van der Waals surface area contributed by atoms with Crippen molar-refractivity contribution in [1.29, 1.82) is 0 Å². The third-order valence-corrected chi connectivity index (χ3v) is 1.59. The minimum absolute atomic E-state index is 0.274. The SMILES string of the molecule is CC(C)=C/C(N)=C/C(=O)C(Cl)(Cl)Cl. The molecule has 0 radical (unpaired) electrons. The summed E-state index contributed by atoms with van der Waals surface area (Å²) in [6, 6.07) is 0. The molecule has 0 aromatic carbocycles. The fourth-order valence-electron chi connectivity index (χ4n) is 0.608. The molecule has 0 aliphatic carbocycles. The lowest BCUT2D eigenvalue weighted by molar-refractivity contribution is -0.113. The van der Waals surface area contributed by atoms with Crippen LogP contribution in [0.1, 0.15) is 13.8 Å². The molecule has 0 aromatic heterocycles. The van der Waals surface area contributed by atoms with Crippen LogP contribution in [0.25, 0.3) is 0 Å². The molecule has 0 spiro atoms. The molecule has 0 saturated heterocycles. The fraction of sp³-hybridized carbons (Fsp3) is 0.375. The number of rotatable bonds is 2.